The Kier molecular flexibility index (Phi) is 17.1. The average Bonchev–Trinajstić information content (AvgIpc) is 2.57. The van der Waals surface area contributed by atoms with Crippen LogP contribution in [0.5, 0.6) is 17.2 Å². The summed E-state index contributed by atoms with van der Waals surface area (Å²) in [6.07, 6.45) is 1.20. The van der Waals surface area contributed by atoms with Gasteiger partial charge < -0.3 is 36.1 Å². The van der Waals surface area contributed by atoms with Gasteiger partial charge in [-0.15, -0.1) is 0 Å². The molecule has 27 heavy (non-hydrogen) atoms. The van der Waals surface area contributed by atoms with Gasteiger partial charge in [0.15, 0.2) is 0 Å². The Morgan fingerprint density at radius 1 is 1.15 bits per heavy atom. The second-order valence-corrected chi connectivity index (χ2v) is 4.39. The second kappa shape index (κ2) is 15.8. The predicted octanol–water partition coefficient (Wildman–Crippen LogP) is 0.374. The smallest absolute Gasteiger partial charge is 0.115 e. The number of phenolic OH excluding ortho intramolecular Hbond substituents is 1. The van der Waals surface area contributed by atoms with Crippen LogP contribution < -0.4 is 14.9 Å². The maximum Gasteiger partial charge on any atom is 0.115 e. The van der Waals surface area contributed by atoms with Gasteiger partial charge in [-0.2, -0.15) is 10.2 Å². The summed E-state index contributed by atoms with van der Waals surface area (Å²) < 4.78 is 4.90. The number of aliphatic hydroxyl groups is 1. The number of nitrogens with zero attached hydrogens (tertiary/aromatic N) is 2. The van der Waals surface area contributed by atoms with Gasteiger partial charge in [0.2, 0.25) is 0 Å². The fourth-order valence-electron chi connectivity index (χ4n) is 1.60. The van der Waals surface area contributed by atoms with Crippen molar-refractivity contribution in [2.45, 2.75) is 6.92 Å². The first kappa shape index (κ1) is 29.3. The molecule has 9 nitrogen and oxygen atoms in total. The van der Waals surface area contributed by atoms with E-state index >= 15 is 0 Å². The minimum atomic E-state index is -0.568. The van der Waals surface area contributed by atoms with E-state index in [1.807, 2.05) is 0 Å². The van der Waals surface area contributed by atoms with Gasteiger partial charge in [-0.05, 0) is 36.2 Å². The summed E-state index contributed by atoms with van der Waals surface area (Å²) in [5.74, 6) is -0.635. The number of hydrogen-bond acceptors (Lipinski definition) is 7. The average molecular weight is 458 g/mol. The molecule has 0 spiro atoms. The van der Waals surface area contributed by atoms with Crippen LogP contribution >= 0.6 is 0 Å². The van der Waals surface area contributed by atoms with Gasteiger partial charge in [-0.25, -0.2) is 0 Å². The van der Waals surface area contributed by atoms with Crippen molar-refractivity contribution in [3.63, 3.8) is 0 Å². The van der Waals surface area contributed by atoms with Crippen molar-refractivity contribution in [1.29, 1.82) is 0 Å². The van der Waals surface area contributed by atoms with Gasteiger partial charge in [0.25, 0.3) is 0 Å². The molecule has 0 unspecified atom stereocenters. The van der Waals surface area contributed by atoms with E-state index in [2.05, 4.69) is 10.2 Å². The monoisotopic (exact) mass is 460 g/mol. The molecule has 0 fully saturated rings. The molecule has 0 atom stereocenters. The van der Waals surface area contributed by atoms with E-state index in [1.165, 1.54) is 37.6 Å². The normalized spacial score (nSPS) is 9.81. The number of para-hydroxylation sites is 1. The van der Waals surface area contributed by atoms with E-state index in [1.54, 1.807) is 25.1 Å². The molecule has 0 saturated carbocycles. The molecule has 150 valence electrons. The number of phenols is 1. The van der Waals surface area contributed by atoms with Crippen LogP contribution in [-0.2, 0) is 32.0 Å². The number of rotatable bonds is 4. The fourth-order valence-corrected chi connectivity index (χ4v) is 1.60. The molecule has 2 N–H and O–H groups in total. The molecule has 2 aromatic rings. The van der Waals surface area contributed by atoms with Crippen molar-refractivity contribution in [3.05, 3.63) is 53.6 Å². The van der Waals surface area contributed by atoms with Crippen molar-refractivity contribution in [2.75, 3.05) is 13.7 Å². The standard InChI is InChI=1S/C15H14N2O4.C2H6O.Mo.2O/c1-21-13-4-2-3-11(14(13)19)9-16-17-15(20)10-5-7-12(18)8-6-10;1-2-3;;;/h2-9,18-19H,1H3,(H,17,20);3H,2H2,1H3;;;/q;;;2*-2/p-2/b16-9+;;;;. The Morgan fingerprint density at radius 3 is 2.22 bits per heavy atom. The topological polar surface area (TPSA) is 178 Å². The van der Waals surface area contributed by atoms with E-state index in [0.717, 1.165) is 0 Å². The number of aromatic hydroxyl groups is 1. The largest absolute Gasteiger partial charge is 2.00 e. The molecule has 0 aliphatic heterocycles. The number of hydrogen-bond donors (Lipinski definition) is 2. The van der Waals surface area contributed by atoms with Gasteiger partial charge in [0.05, 0.1) is 13.3 Å². The molecule has 2 rings (SSSR count). The Labute approximate surface area is 171 Å². The number of methoxy groups -OCH3 is 1. The summed E-state index contributed by atoms with van der Waals surface area (Å²) in [6, 6.07) is 10.4. The Balaban J connectivity index is -0.000000900. The maximum absolute atomic E-state index is 11.8. The number of ether oxygens (including phenoxy) is 1. The van der Waals surface area contributed by atoms with E-state index < -0.39 is 5.90 Å². The first-order valence-electron chi connectivity index (χ1n) is 7.05. The van der Waals surface area contributed by atoms with Crippen molar-refractivity contribution < 1.29 is 57.2 Å². The second-order valence-electron chi connectivity index (χ2n) is 4.39. The van der Waals surface area contributed by atoms with Gasteiger partial charge in [-0.3, -0.25) is 0 Å². The summed E-state index contributed by atoms with van der Waals surface area (Å²) in [4.78, 5) is 0. The van der Waals surface area contributed by atoms with Crippen LogP contribution in [0.4, 0.5) is 0 Å². The SMILES string of the molecule is CCO.COc1cccc(/C=N/N=C(\[O-])c2ccc(O)cc2)c1[O-].[Mo].[O-2].[O-2]. The summed E-state index contributed by atoms with van der Waals surface area (Å²) in [6.45, 7) is 1.93. The zero-order valence-corrected chi connectivity index (χ0v) is 16.6. The third-order valence-electron chi connectivity index (χ3n) is 2.69. The third kappa shape index (κ3) is 9.72. The van der Waals surface area contributed by atoms with Gasteiger partial charge in [0, 0.05) is 33.6 Å². The Hall–Kier alpha value is -2.45. The van der Waals surface area contributed by atoms with E-state index in [9.17, 15) is 10.2 Å². The first-order chi connectivity index (χ1) is 11.5. The third-order valence-corrected chi connectivity index (χ3v) is 2.69. The zero-order chi connectivity index (χ0) is 17.9. The van der Waals surface area contributed by atoms with E-state index in [4.69, 9.17) is 14.9 Å². The Bertz CT molecular complexity index is 707. The summed E-state index contributed by atoms with van der Waals surface area (Å²) in [5.41, 5.74) is 0.564. The summed E-state index contributed by atoms with van der Waals surface area (Å²) in [5, 5.41) is 47.3. The van der Waals surface area contributed by atoms with E-state index in [-0.39, 0.29) is 67.0 Å². The molecule has 10 heteroatoms. The molecule has 0 heterocycles. The molecule has 0 aromatic heterocycles. The molecule has 0 radical (unpaired) electrons. The quantitative estimate of drug-likeness (QED) is 0.291. The van der Waals surface area contributed by atoms with Crippen molar-refractivity contribution in [1.82, 2.24) is 0 Å². The van der Waals surface area contributed by atoms with Crippen LogP contribution in [0.15, 0.2) is 52.7 Å². The number of aliphatic hydroxyl groups excluding tert-OH is 1. The Morgan fingerprint density at radius 2 is 1.70 bits per heavy atom. The van der Waals surface area contributed by atoms with Crippen LogP contribution in [-0.4, -0.2) is 36.0 Å². The molecule has 0 amide bonds. The van der Waals surface area contributed by atoms with Crippen LogP contribution in [0.1, 0.15) is 18.1 Å². The minimum absolute atomic E-state index is 0. The summed E-state index contributed by atoms with van der Waals surface area (Å²) in [7, 11) is 1.40. The van der Waals surface area contributed by atoms with Gasteiger partial charge in [-0.1, -0.05) is 30.0 Å². The molecule has 0 saturated heterocycles. The maximum atomic E-state index is 11.8. The minimum Gasteiger partial charge on any atom is -2.00 e. The molecule has 0 aliphatic rings. The van der Waals surface area contributed by atoms with Gasteiger partial charge >= 0.3 is 0 Å². The fraction of sp³-hybridized carbons (Fsp3) is 0.176. The molecular weight excluding hydrogens is 440 g/mol. The first-order valence-corrected chi connectivity index (χ1v) is 7.05. The molecule has 2 aromatic carbocycles. The zero-order valence-electron chi connectivity index (χ0n) is 14.6. The molecule has 0 bridgehead atoms. The van der Waals surface area contributed by atoms with Crippen molar-refractivity contribution in [2.24, 2.45) is 10.2 Å². The van der Waals surface area contributed by atoms with Crippen LogP contribution in [0.3, 0.4) is 0 Å². The van der Waals surface area contributed by atoms with Crippen LogP contribution in [0.25, 0.3) is 0 Å². The number of benzene rings is 2. The van der Waals surface area contributed by atoms with Crippen LogP contribution in [0.2, 0.25) is 0 Å². The molecular formula is C17H18MoN2O7-6. The van der Waals surface area contributed by atoms with Crippen molar-refractivity contribution in [3.8, 4) is 17.2 Å². The van der Waals surface area contributed by atoms with E-state index in [0.29, 0.717) is 0 Å². The summed E-state index contributed by atoms with van der Waals surface area (Å²) >= 11 is 0. The van der Waals surface area contributed by atoms with Gasteiger partial charge in [0.1, 0.15) is 11.5 Å². The predicted molar refractivity (Wildman–Crippen MR) is 88.8 cm³/mol. The van der Waals surface area contributed by atoms with Crippen molar-refractivity contribution >= 4 is 12.1 Å². The van der Waals surface area contributed by atoms with Crippen LogP contribution in [0, 0.1) is 0 Å². The molecule has 0 aliphatic carbocycles.